The molecule has 0 aliphatic carbocycles. The zero-order valence-electron chi connectivity index (χ0n) is 13.8. The minimum absolute atomic E-state index is 0.0263. The Morgan fingerprint density at radius 3 is 3.00 bits per heavy atom. The van der Waals surface area contributed by atoms with Crippen molar-refractivity contribution in [1.29, 1.82) is 0 Å². The molecule has 1 aliphatic heterocycles. The van der Waals surface area contributed by atoms with Crippen LogP contribution in [0.15, 0.2) is 47.2 Å². The summed E-state index contributed by atoms with van der Waals surface area (Å²) in [5.41, 5.74) is 2.50. The Morgan fingerprint density at radius 1 is 1.35 bits per heavy atom. The second kappa shape index (κ2) is 6.57. The van der Waals surface area contributed by atoms with Crippen molar-refractivity contribution in [2.24, 2.45) is 0 Å². The Balaban J connectivity index is 1.52. The molecule has 3 heterocycles. The van der Waals surface area contributed by atoms with E-state index < -0.39 is 4.92 Å². The number of non-ortho nitro benzene ring substituents is 1. The van der Waals surface area contributed by atoms with Gasteiger partial charge >= 0.3 is 0 Å². The molecule has 0 saturated heterocycles. The fourth-order valence-corrected chi connectivity index (χ4v) is 3.09. The minimum Gasteiger partial charge on any atom is -0.508 e. The first-order valence-electron chi connectivity index (χ1n) is 8.17. The van der Waals surface area contributed by atoms with Crippen molar-refractivity contribution >= 4 is 5.69 Å². The minimum atomic E-state index is -0.460. The van der Waals surface area contributed by atoms with Gasteiger partial charge in [-0.3, -0.25) is 15.0 Å². The number of phenols is 1. The van der Waals surface area contributed by atoms with Gasteiger partial charge in [0.15, 0.2) is 11.6 Å². The first-order valence-corrected chi connectivity index (χ1v) is 8.17. The second-order valence-electron chi connectivity index (χ2n) is 6.17. The molecule has 0 unspecified atom stereocenters. The smallest absolute Gasteiger partial charge is 0.270 e. The van der Waals surface area contributed by atoms with Gasteiger partial charge in [-0.2, -0.15) is 0 Å². The molecule has 26 heavy (non-hydrogen) atoms. The molecule has 0 spiro atoms. The summed E-state index contributed by atoms with van der Waals surface area (Å²) < 4.78 is 5.34. The Morgan fingerprint density at radius 2 is 2.23 bits per heavy atom. The van der Waals surface area contributed by atoms with Crippen molar-refractivity contribution in [3.63, 3.8) is 0 Å². The molecule has 1 N–H and O–H groups in total. The number of aromatic nitrogens is 2. The fraction of sp³-hybridized carbons (Fsp3) is 0.222. The number of aromatic hydroxyl groups is 1. The van der Waals surface area contributed by atoms with Crippen LogP contribution >= 0.6 is 0 Å². The molecule has 132 valence electrons. The molecule has 2 aromatic heterocycles. The van der Waals surface area contributed by atoms with E-state index in [1.807, 2.05) is 6.07 Å². The Kier molecular flexibility index (Phi) is 4.10. The van der Waals surface area contributed by atoms with E-state index in [-0.39, 0.29) is 11.4 Å². The summed E-state index contributed by atoms with van der Waals surface area (Å²) in [5.74, 6) is 1.26. The summed E-state index contributed by atoms with van der Waals surface area (Å²) >= 11 is 0. The number of phenolic OH excluding ortho intramolecular Hbond substituents is 1. The van der Waals surface area contributed by atoms with Gasteiger partial charge < -0.3 is 9.52 Å². The summed E-state index contributed by atoms with van der Waals surface area (Å²) in [6, 6.07) is 7.70. The highest BCUT2D eigenvalue weighted by Crippen LogP contribution is 2.27. The molecule has 0 fully saturated rings. The van der Waals surface area contributed by atoms with Crippen molar-refractivity contribution in [2.45, 2.75) is 19.5 Å². The lowest BCUT2D eigenvalue weighted by molar-refractivity contribution is -0.385. The number of rotatable bonds is 4. The van der Waals surface area contributed by atoms with Crippen molar-refractivity contribution in [3.05, 3.63) is 69.7 Å². The molecular formula is C18H16N4O4. The third-order valence-electron chi connectivity index (χ3n) is 4.42. The van der Waals surface area contributed by atoms with E-state index in [1.165, 1.54) is 18.2 Å². The fourth-order valence-electron chi connectivity index (χ4n) is 3.09. The lowest BCUT2D eigenvalue weighted by Crippen LogP contribution is -2.31. The van der Waals surface area contributed by atoms with Gasteiger partial charge in [0.2, 0.25) is 0 Å². The highest BCUT2D eigenvalue weighted by atomic mass is 16.6. The molecule has 0 amide bonds. The van der Waals surface area contributed by atoms with E-state index in [2.05, 4.69) is 14.9 Å². The highest BCUT2D eigenvalue weighted by Gasteiger charge is 2.21. The first kappa shape index (κ1) is 16.2. The van der Waals surface area contributed by atoms with Crippen molar-refractivity contribution in [2.75, 3.05) is 6.54 Å². The van der Waals surface area contributed by atoms with E-state index in [1.54, 1.807) is 18.5 Å². The lowest BCUT2D eigenvalue weighted by atomic mass is 10.1. The molecule has 0 bridgehead atoms. The summed E-state index contributed by atoms with van der Waals surface area (Å²) in [4.78, 5) is 21.5. The van der Waals surface area contributed by atoms with Gasteiger partial charge in [-0.1, -0.05) is 0 Å². The van der Waals surface area contributed by atoms with Crippen LogP contribution in [0.5, 0.6) is 5.75 Å². The predicted molar refractivity (Wildman–Crippen MR) is 92.3 cm³/mol. The van der Waals surface area contributed by atoms with E-state index in [0.29, 0.717) is 30.2 Å². The number of fused-ring (bicyclic) bond motifs is 1. The monoisotopic (exact) mass is 352 g/mol. The average Bonchev–Trinajstić information content (AvgIpc) is 3.17. The number of hydrogen-bond acceptors (Lipinski definition) is 7. The number of furan rings is 1. The van der Waals surface area contributed by atoms with Crippen LogP contribution in [0.1, 0.15) is 16.8 Å². The van der Waals surface area contributed by atoms with Gasteiger partial charge in [0, 0.05) is 55.5 Å². The molecule has 0 atom stereocenters. The zero-order valence-corrected chi connectivity index (χ0v) is 13.8. The normalized spacial score (nSPS) is 14.2. The van der Waals surface area contributed by atoms with Gasteiger partial charge in [0.1, 0.15) is 5.75 Å². The number of nitro benzene ring substituents is 1. The summed E-state index contributed by atoms with van der Waals surface area (Å²) in [5, 5.41) is 20.9. The van der Waals surface area contributed by atoms with Crippen LogP contribution in [0, 0.1) is 10.1 Å². The van der Waals surface area contributed by atoms with Gasteiger partial charge in [-0.05, 0) is 18.2 Å². The lowest BCUT2D eigenvalue weighted by Gasteiger charge is -2.28. The largest absolute Gasteiger partial charge is 0.508 e. The van der Waals surface area contributed by atoms with Gasteiger partial charge in [-0.15, -0.1) is 0 Å². The van der Waals surface area contributed by atoms with E-state index in [9.17, 15) is 15.2 Å². The topological polar surface area (TPSA) is 106 Å². The summed E-state index contributed by atoms with van der Waals surface area (Å²) in [7, 11) is 0. The number of nitro groups is 1. The number of nitrogens with zero attached hydrogens (tertiary/aromatic N) is 4. The van der Waals surface area contributed by atoms with Crippen LogP contribution < -0.4 is 0 Å². The molecule has 0 radical (unpaired) electrons. The Bertz CT molecular complexity index is 956. The maximum absolute atomic E-state index is 10.9. The molecule has 1 aromatic carbocycles. The number of hydrogen-bond donors (Lipinski definition) is 1. The summed E-state index contributed by atoms with van der Waals surface area (Å²) in [6.45, 7) is 1.78. The van der Waals surface area contributed by atoms with Crippen molar-refractivity contribution in [1.82, 2.24) is 14.9 Å². The Hall–Kier alpha value is -3.26. The van der Waals surface area contributed by atoms with Gasteiger partial charge in [0.05, 0.1) is 16.9 Å². The van der Waals surface area contributed by atoms with Crippen LogP contribution in [0.4, 0.5) is 5.69 Å². The quantitative estimate of drug-likeness (QED) is 0.568. The Labute approximate surface area is 148 Å². The summed E-state index contributed by atoms with van der Waals surface area (Å²) in [6.07, 6.45) is 4.12. The van der Waals surface area contributed by atoms with Crippen molar-refractivity contribution in [3.8, 4) is 17.3 Å². The van der Waals surface area contributed by atoms with Crippen LogP contribution in [0.25, 0.3) is 11.6 Å². The number of benzene rings is 1. The average molecular weight is 352 g/mol. The van der Waals surface area contributed by atoms with Crippen LogP contribution in [-0.4, -0.2) is 31.4 Å². The van der Waals surface area contributed by atoms with Gasteiger partial charge in [-0.25, -0.2) is 9.97 Å². The SMILES string of the molecule is O=[N+]([O-])c1ccc(O)c(CN2CCc3nc(-c4ccco4)ncc3C2)c1. The molecule has 8 nitrogen and oxygen atoms in total. The van der Waals surface area contributed by atoms with E-state index >= 15 is 0 Å². The van der Waals surface area contributed by atoms with Crippen molar-refractivity contribution < 1.29 is 14.4 Å². The molecule has 8 heteroatoms. The van der Waals surface area contributed by atoms with Crippen LogP contribution in [0.2, 0.25) is 0 Å². The molecular weight excluding hydrogens is 336 g/mol. The molecule has 0 saturated carbocycles. The van der Waals surface area contributed by atoms with Crippen LogP contribution in [0.3, 0.4) is 0 Å². The predicted octanol–water partition coefficient (Wildman–Crippen LogP) is 2.91. The van der Waals surface area contributed by atoms with Crippen LogP contribution in [-0.2, 0) is 19.5 Å². The van der Waals surface area contributed by atoms with Gasteiger partial charge in [0.25, 0.3) is 5.69 Å². The van der Waals surface area contributed by atoms with E-state index in [0.717, 1.165) is 24.2 Å². The zero-order chi connectivity index (χ0) is 18.1. The first-order chi connectivity index (χ1) is 12.6. The molecule has 4 rings (SSSR count). The maximum atomic E-state index is 10.9. The van der Waals surface area contributed by atoms with E-state index in [4.69, 9.17) is 4.42 Å². The third-order valence-corrected chi connectivity index (χ3v) is 4.42. The maximum Gasteiger partial charge on any atom is 0.270 e. The molecule has 3 aromatic rings. The third kappa shape index (κ3) is 3.14. The standard InChI is InChI=1S/C18H16N4O4/c23-16-4-3-14(22(24)25)8-12(16)10-21-6-5-15-13(11-21)9-19-18(20-15)17-2-1-7-26-17/h1-4,7-9,23H,5-6,10-11H2. The molecule has 1 aliphatic rings. The second-order valence-corrected chi connectivity index (χ2v) is 6.17. The highest BCUT2D eigenvalue weighted by molar-refractivity contribution is 5.47.